The molecule has 1 fully saturated rings. The third-order valence-electron chi connectivity index (χ3n) is 4.50. The number of amides is 1. The van der Waals surface area contributed by atoms with E-state index in [9.17, 15) is 20.2 Å². The fraction of sp³-hybridized carbons (Fsp3) is 0.278. The van der Waals surface area contributed by atoms with E-state index in [0.29, 0.717) is 37.4 Å². The summed E-state index contributed by atoms with van der Waals surface area (Å²) >= 11 is 3.30. The van der Waals surface area contributed by atoms with E-state index < -0.39 is 4.92 Å². The molecule has 27 heavy (non-hydrogen) atoms. The van der Waals surface area contributed by atoms with Crippen LogP contribution in [0.2, 0.25) is 0 Å². The zero-order valence-corrected chi connectivity index (χ0v) is 15.8. The molecule has 0 radical (unpaired) electrons. The molecule has 1 amide bonds. The number of nitrogens with one attached hydrogen (secondary N) is 1. The summed E-state index contributed by atoms with van der Waals surface area (Å²) in [5, 5.41) is 23.0. The van der Waals surface area contributed by atoms with Crippen LogP contribution in [0.4, 0.5) is 17.2 Å². The molecule has 0 saturated carbocycles. The summed E-state index contributed by atoms with van der Waals surface area (Å²) < 4.78 is 0.838. The van der Waals surface area contributed by atoms with E-state index in [2.05, 4.69) is 26.2 Å². The van der Waals surface area contributed by atoms with Gasteiger partial charge in [-0.3, -0.25) is 14.9 Å². The molecule has 138 valence electrons. The first-order valence-electron chi connectivity index (χ1n) is 8.34. The van der Waals surface area contributed by atoms with Gasteiger partial charge in [0.1, 0.15) is 11.9 Å². The topological polar surface area (TPSA) is 112 Å². The highest BCUT2D eigenvalue weighted by atomic mass is 79.9. The maximum Gasteiger partial charge on any atom is 0.270 e. The van der Waals surface area contributed by atoms with Crippen molar-refractivity contribution in [2.75, 3.05) is 23.3 Å². The molecule has 1 aromatic carbocycles. The number of halogens is 1. The Bertz CT molecular complexity index is 902. The Morgan fingerprint density at radius 3 is 2.67 bits per heavy atom. The van der Waals surface area contributed by atoms with Gasteiger partial charge in [-0.15, -0.1) is 0 Å². The maximum absolute atomic E-state index is 12.4. The van der Waals surface area contributed by atoms with Crippen molar-refractivity contribution in [3.63, 3.8) is 0 Å². The first-order chi connectivity index (χ1) is 13.0. The summed E-state index contributed by atoms with van der Waals surface area (Å²) in [5.74, 6) is 0.289. The van der Waals surface area contributed by atoms with Gasteiger partial charge in [-0.1, -0.05) is 0 Å². The Labute approximate surface area is 164 Å². The van der Waals surface area contributed by atoms with E-state index in [1.807, 2.05) is 17.0 Å². The van der Waals surface area contributed by atoms with Crippen LogP contribution in [-0.2, 0) is 4.79 Å². The summed E-state index contributed by atoms with van der Waals surface area (Å²) in [6.07, 6.45) is 2.88. The molecule has 0 aliphatic carbocycles. The number of aromatic nitrogens is 1. The standard InChI is InChI=1S/C18H16BrN5O3/c19-14-1-4-17(21-11-14)22-18(25)12-5-7-23(8-6-12)16-3-2-15(24(26)27)9-13(16)10-20/h1-4,9,11-12H,5-8H2,(H,21,22,25). The largest absolute Gasteiger partial charge is 0.370 e. The second-order valence-corrected chi connectivity index (χ2v) is 7.10. The number of benzene rings is 1. The number of nitro benzene ring substituents is 1. The van der Waals surface area contributed by atoms with Gasteiger partial charge in [0.15, 0.2) is 0 Å². The van der Waals surface area contributed by atoms with Crippen LogP contribution in [0.3, 0.4) is 0 Å². The fourth-order valence-electron chi connectivity index (χ4n) is 3.06. The van der Waals surface area contributed by atoms with Crippen LogP contribution in [0.15, 0.2) is 41.0 Å². The Balaban J connectivity index is 1.63. The van der Waals surface area contributed by atoms with Crippen LogP contribution in [0, 0.1) is 27.4 Å². The van der Waals surface area contributed by atoms with Crippen LogP contribution >= 0.6 is 15.9 Å². The lowest BCUT2D eigenvalue weighted by molar-refractivity contribution is -0.384. The molecule has 1 aliphatic rings. The van der Waals surface area contributed by atoms with E-state index in [-0.39, 0.29) is 23.1 Å². The van der Waals surface area contributed by atoms with E-state index >= 15 is 0 Å². The highest BCUT2D eigenvalue weighted by molar-refractivity contribution is 9.10. The average Bonchev–Trinajstić information content (AvgIpc) is 2.69. The maximum atomic E-state index is 12.4. The zero-order valence-electron chi connectivity index (χ0n) is 14.3. The predicted molar refractivity (Wildman–Crippen MR) is 103 cm³/mol. The molecule has 0 spiro atoms. The number of carbonyl (C=O) groups excluding carboxylic acids is 1. The van der Waals surface area contributed by atoms with Crippen molar-refractivity contribution in [3.05, 3.63) is 56.7 Å². The molecular formula is C18H16BrN5O3. The number of nitriles is 1. The van der Waals surface area contributed by atoms with Gasteiger partial charge in [0.05, 0.1) is 16.2 Å². The number of rotatable bonds is 4. The smallest absolute Gasteiger partial charge is 0.270 e. The lowest BCUT2D eigenvalue weighted by atomic mass is 9.95. The Morgan fingerprint density at radius 1 is 1.33 bits per heavy atom. The van der Waals surface area contributed by atoms with Crippen LogP contribution in [-0.4, -0.2) is 28.9 Å². The van der Waals surface area contributed by atoms with Gasteiger partial charge >= 0.3 is 0 Å². The van der Waals surface area contributed by atoms with Crippen molar-refractivity contribution in [3.8, 4) is 6.07 Å². The van der Waals surface area contributed by atoms with E-state index in [0.717, 1.165) is 4.47 Å². The number of nitro groups is 1. The molecule has 9 heteroatoms. The van der Waals surface area contributed by atoms with Crippen LogP contribution in [0.25, 0.3) is 0 Å². The molecule has 0 unspecified atom stereocenters. The minimum atomic E-state index is -0.517. The quantitative estimate of drug-likeness (QED) is 0.587. The first-order valence-corrected chi connectivity index (χ1v) is 9.13. The summed E-state index contributed by atoms with van der Waals surface area (Å²) in [6.45, 7) is 1.19. The highest BCUT2D eigenvalue weighted by Gasteiger charge is 2.27. The Morgan fingerprint density at radius 2 is 2.07 bits per heavy atom. The summed E-state index contributed by atoms with van der Waals surface area (Å²) in [4.78, 5) is 28.9. The van der Waals surface area contributed by atoms with Gasteiger partial charge in [0, 0.05) is 41.8 Å². The lowest BCUT2D eigenvalue weighted by Gasteiger charge is -2.33. The van der Waals surface area contributed by atoms with Crippen molar-refractivity contribution < 1.29 is 9.72 Å². The number of hydrogen-bond acceptors (Lipinski definition) is 6. The summed E-state index contributed by atoms with van der Waals surface area (Å²) in [5.41, 5.74) is 0.828. The molecule has 3 rings (SSSR count). The molecule has 1 aliphatic heterocycles. The highest BCUT2D eigenvalue weighted by Crippen LogP contribution is 2.29. The molecule has 0 bridgehead atoms. The van der Waals surface area contributed by atoms with Crippen molar-refractivity contribution >= 4 is 39.0 Å². The van der Waals surface area contributed by atoms with Crippen molar-refractivity contribution in [2.45, 2.75) is 12.8 Å². The normalized spacial score (nSPS) is 14.4. The average molecular weight is 430 g/mol. The minimum Gasteiger partial charge on any atom is -0.370 e. The number of hydrogen-bond donors (Lipinski definition) is 1. The number of pyridine rings is 1. The SMILES string of the molecule is N#Cc1cc([N+](=O)[O-])ccc1N1CCC(C(=O)Nc2ccc(Br)cn2)CC1. The number of non-ortho nitro benzene ring substituents is 1. The van der Waals surface area contributed by atoms with Crippen molar-refractivity contribution in [1.82, 2.24) is 4.98 Å². The second-order valence-electron chi connectivity index (χ2n) is 6.18. The van der Waals surface area contributed by atoms with E-state index in [4.69, 9.17) is 0 Å². The van der Waals surface area contributed by atoms with Gasteiger partial charge in [0.2, 0.25) is 5.91 Å². The van der Waals surface area contributed by atoms with Gasteiger partial charge in [0.25, 0.3) is 5.69 Å². The fourth-order valence-corrected chi connectivity index (χ4v) is 3.30. The second kappa shape index (κ2) is 8.14. The molecule has 1 N–H and O–H groups in total. The predicted octanol–water partition coefficient (Wildman–Crippen LogP) is 3.48. The molecule has 8 nitrogen and oxygen atoms in total. The van der Waals surface area contributed by atoms with E-state index in [1.165, 1.54) is 12.1 Å². The molecular weight excluding hydrogens is 414 g/mol. The first kappa shape index (κ1) is 18.8. The third kappa shape index (κ3) is 4.41. The number of nitrogens with zero attached hydrogens (tertiary/aromatic N) is 4. The van der Waals surface area contributed by atoms with Crippen LogP contribution in [0.5, 0.6) is 0 Å². The van der Waals surface area contributed by atoms with Gasteiger partial charge < -0.3 is 10.2 Å². The Kier molecular flexibility index (Phi) is 5.66. The monoisotopic (exact) mass is 429 g/mol. The third-order valence-corrected chi connectivity index (χ3v) is 4.97. The molecule has 1 saturated heterocycles. The molecule has 1 aromatic heterocycles. The van der Waals surface area contributed by atoms with Gasteiger partial charge in [-0.05, 0) is 47.0 Å². The minimum absolute atomic E-state index is 0.0753. The van der Waals surface area contributed by atoms with Crippen LogP contribution in [0.1, 0.15) is 18.4 Å². The van der Waals surface area contributed by atoms with Gasteiger partial charge in [-0.25, -0.2) is 4.98 Å². The van der Waals surface area contributed by atoms with Gasteiger partial charge in [-0.2, -0.15) is 5.26 Å². The number of carbonyl (C=O) groups is 1. The Hall–Kier alpha value is -2.99. The van der Waals surface area contributed by atoms with Crippen molar-refractivity contribution in [2.24, 2.45) is 5.92 Å². The molecule has 0 atom stereocenters. The van der Waals surface area contributed by atoms with Crippen LogP contribution < -0.4 is 10.2 Å². The number of piperidine rings is 1. The van der Waals surface area contributed by atoms with E-state index in [1.54, 1.807) is 18.3 Å². The summed E-state index contributed by atoms with van der Waals surface area (Å²) in [7, 11) is 0. The molecule has 2 aromatic rings. The lowest BCUT2D eigenvalue weighted by Crippen LogP contribution is -2.38. The number of anilines is 2. The summed E-state index contributed by atoms with van der Waals surface area (Å²) in [6, 6.07) is 9.84. The zero-order chi connectivity index (χ0) is 19.4. The molecule has 2 heterocycles. The van der Waals surface area contributed by atoms with Crippen molar-refractivity contribution in [1.29, 1.82) is 5.26 Å².